The van der Waals surface area contributed by atoms with Gasteiger partial charge in [0.2, 0.25) is 5.95 Å². The number of benzene rings is 1. The Morgan fingerprint density at radius 1 is 0.906 bits per heavy atom. The van der Waals surface area contributed by atoms with E-state index in [0.717, 1.165) is 27.7 Å². The van der Waals surface area contributed by atoms with Crippen LogP contribution in [0.5, 0.6) is 0 Å². The van der Waals surface area contributed by atoms with Crippen LogP contribution in [0.1, 0.15) is 22.5 Å². The van der Waals surface area contributed by atoms with Gasteiger partial charge >= 0.3 is 0 Å². The van der Waals surface area contributed by atoms with E-state index in [1.165, 1.54) is 0 Å². The van der Waals surface area contributed by atoms with Gasteiger partial charge in [0.05, 0.1) is 24.0 Å². The van der Waals surface area contributed by atoms with Crippen molar-refractivity contribution in [3.63, 3.8) is 0 Å². The smallest absolute Gasteiger partial charge is 0.223 e. The molecule has 0 fully saturated rings. The Labute approximate surface area is 184 Å². The predicted octanol–water partition coefficient (Wildman–Crippen LogP) is 3.53. The fourth-order valence-corrected chi connectivity index (χ4v) is 3.05. The maximum absolute atomic E-state index is 4.55. The average molecular weight is 418 g/mol. The second-order valence-electron chi connectivity index (χ2n) is 7.13. The summed E-state index contributed by atoms with van der Waals surface area (Å²) in [6.07, 6.45) is 6.97. The Balaban J connectivity index is 1.34. The Morgan fingerprint density at radius 3 is 2.75 bits per heavy atom. The number of fused-ring (bicyclic) bond motifs is 1. The highest BCUT2D eigenvalue weighted by molar-refractivity contribution is 5.79. The first-order chi connectivity index (χ1) is 15.7. The summed E-state index contributed by atoms with van der Waals surface area (Å²) in [7, 11) is 0. The molecule has 0 aliphatic carbocycles. The third kappa shape index (κ3) is 4.42. The van der Waals surface area contributed by atoms with Crippen molar-refractivity contribution in [2.75, 3.05) is 5.32 Å². The summed E-state index contributed by atoms with van der Waals surface area (Å²) in [6, 6.07) is 13.4. The molecular formula is C24H18N8. The van der Waals surface area contributed by atoms with Crippen LogP contribution in [0.2, 0.25) is 0 Å². The largest absolute Gasteiger partial charge is 0.349 e. The average Bonchev–Trinajstić information content (AvgIpc) is 3.31. The van der Waals surface area contributed by atoms with E-state index in [0.29, 0.717) is 29.7 Å². The van der Waals surface area contributed by atoms with E-state index in [1.54, 1.807) is 30.7 Å². The molecule has 2 N–H and O–H groups in total. The summed E-state index contributed by atoms with van der Waals surface area (Å²) in [5.41, 5.74) is 5.12. The third-order valence-electron chi connectivity index (χ3n) is 4.72. The van der Waals surface area contributed by atoms with E-state index in [1.807, 2.05) is 43.5 Å². The molecule has 0 spiro atoms. The van der Waals surface area contributed by atoms with Crippen molar-refractivity contribution in [3.8, 4) is 23.4 Å². The van der Waals surface area contributed by atoms with Gasteiger partial charge in [-0.15, -0.1) is 0 Å². The number of nitrogens with zero attached hydrogens (tertiary/aromatic N) is 6. The van der Waals surface area contributed by atoms with Crippen molar-refractivity contribution in [1.82, 2.24) is 35.1 Å². The maximum atomic E-state index is 4.55. The van der Waals surface area contributed by atoms with Crippen LogP contribution in [0.3, 0.4) is 0 Å². The zero-order valence-electron chi connectivity index (χ0n) is 17.2. The molecule has 154 valence electrons. The van der Waals surface area contributed by atoms with E-state index in [-0.39, 0.29) is 0 Å². The van der Waals surface area contributed by atoms with Crippen LogP contribution in [-0.4, -0.2) is 35.1 Å². The van der Waals surface area contributed by atoms with E-state index in [2.05, 4.69) is 52.3 Å². The number of aromatic nitrogens is 7. The minimum absolute atomic E-state index is 0.485. The minimum atomic E-state index is 0.485. The number of rotatable bonds is 4. The Morgan fingerprint density at radius 2 is 1.84 bits per heavy atom. The van der Waals surface area contributed by atoms with Gasteiger partial charge in [-0.25, -0.2) is 19.9 Å². The van der Waals surface area contributed by atoms with Crippen molar-refractivity contribution in [3.05, 3.63) is 89.8 Å². The third-order valence-corrected chi connectivity index (χ3v) is 4.72. The van der Waals surface area contributed by atoms with Crippen LogP contribution >= 0.6 is 0 Å². The second-order valence-corrected chi connectivity index (χ2v) is 7.13. The number of hydrogen-bond donors (Lipinski definition) is 2. The molecule has 5 aromatic rings. The van der Waals surface area contributed by atoms with Crippen LogP contribution in [-0.2, 0) is 6.54 Å². The Kier molecular flexibility index (Phi) is 5.20. The fraction of sp³-hybridized carbons (Fsp3) is 0.0833. The summed E-state index contributed by atoms with van der Waals surface area (Å²) < 4.78 is 0. The summed E-state index contributed by atoms with van der Waals surface area (Å²) in [5.74, 6) is 7.21. The molecule has 0 bridgehead atoms. The van der Waals surface area contributed by atoms with Gasteiger partial charge in [-0.05, 0) is 54.8 Å². The first-order valence-corrected chi connectivity index (χ1v) is 10.00. The molecule has 0 atom stereocenters. The number of anilines is 1. The lowest BCUT2D eigenvalue weighted by Crippen LogP contribution is -2.06. The van der Waals surface area contributed by atoms with Gasteiger partial charge in [0.1, 0.15) is 11.4 Å². The van der Waals surface area contributed by atoms with Crippen LogP contribution in [0, 0.1) is 18.8 Å². The monoisotopic (exact) mass is 418 g/mol. The molecule has 0 radical (unpaired) electrons. The highest BCUT2D eigenvalue weighted by atomic mass is 15.1. The van der Waals surface area contributed by atoms with Gasteiger partial charge in [0.25, 0.3) is 0 Å². The van der Waals surface area contributed by atoms with Crippen molar-refractivity contribution in [1.29, 1.82) is 0 Å². The van der Waals surface area contributed by atoms with Crippen LogP contribution in [0.25, 0.3) is 22.4 Å². The molecule has 0 saturated carbocycles. The van der Waals surface area contributed by atoms with E-state index >= 15 is 0 Å². The van der Waals surface area contributed by atoms with Gasteiger partial charge in [-0.3, -0.25) is 10.1 Å². The first kappa shape index (κ1) is 19.3. The van der Waals surface area contributed by atoms with E-state index < -0.39 is 0 Å². The molecule has 5 rings (SSSR count). The second kappa shape index (κ2) is 8.62. The maximum Gasteiger partial charge on any atom is 0.223 e. The molecule has 0 unspecified atom stereocenters. The summed E-state index contributed by atoms with van der Waals surface area (Å²) in [4.78, 5) is 22.1. The van der Waals surface area contributed by atoms with E-state index in [4.69, 9.17) is 0 Å². The Hall–Kier alpha value is -4.64. The Bertz CT molecular complexity index is 1440. The molecule has 4 aromatic heterocycles. The van der Waals surface area contributed by atoms with Crippen molar-refractivity contribution in [2.24, 2.45) is 0 Å². The highest BCUT2D eigenvalue weighted by Crippen LogP contribution is 2.14. The van der Waals surface area contributed by atoms with Crippen molar-refractivity contribution < 1.29 is 0 Å². The zero-order chi connectivity index (χ0) is 21.8. The zero-order valence-corrected chi connectivity index (χ0v) is 17.2. The van der Waals surface area contributed by atoms with Gasteiger partial charge in [0.15, 0.2) is 5.82 Å². The van der Waals surface area contributed by atoms with E-state index in [9.17, 15) is 0 Å². The minimum Gasteiger partial charge on any atom is -0.349 e. The fourth-order valence-electron chi connectivity index (χ4n) is 3.05. The number of aryl methyl sites for hydroxylation is 1. The number of H-pyrrole nitrogens is 1. The lowest BCUT2D eigenvalue weighted by atomic mass is 10.1. The van der Waals surface area contributed by atoms with Crippen LogP contribution in [0.15, 0.2) is 67.3 Å². The molecule has 0 amide bonds. The standard InChI is InChI=1S/C24H18N8/c1-16-2-5-20(27-13-16)15-28-24-26-11-9-22(31-24)23-25-10-8-19(30-23)6-3-17-4-7-21-18(12-17)14-29-32-21/h2,4-5,7-14H,15H2,1H3,(H,29,32)(H,26,28,31). The lowest BCUT2D eigenvalue weighted by Gasteiger charge is -2.06. The number of nitrogens with one attached hydrogen (secondary N) is 2. The predicted molar refractivity (Wildman–Crippen MR) is 121 cm³/mol. The number of hydrogen-bond acceptors (Lipinski definition) is 7. The van der Waals surface area contributed by atoms with Gasteiger partial charge in [0, 0.05) is 29.5 Å². The molecule has 32 heavy (non-hydrogen) atoms. The van der Waals surface area contributed by atoms with Crippen molar-refractivity contribution in [2.45, 2.75) is 13.5 Å². The molecule has 0 aliphatic heterocycles. The quantitative estimate of drug-likeness (QED) is 0.430. The summed E-state index contributed by atoms with van der Waals surface area (Å²) in [6.45, 7) is 2.53. The SMILES string of the molecule is Cc1ccc(CNc2nccc(-c3nccc(C#Cc4ccc5[nH]ncc5c4)n3)n2)nc1. The lowest BCUT2D eigenvalue weighted by molar-refractivity contribution is 0.993. The van der Waals surface area contributed by atoms with Crippen LogP contribution < -0.4 is 5.32 Å². The molecule has 4 heterocycles. The topological polar surface area (TPSA) is 105 Å². The van der Waals surface area contributed by atoms with Crippen molar-refractivity contribution >= 4 is 16.9 Å². The molecular weight excluding hydrogens is 400 g/mol. The van der Waals surface area contributed by atoms with Gasteiger partial charge in [-0.2, -0.15) is 5.10 Å². The highest BCUT2D eigenvalue weighted by Gasteiger charge is 2.06. The molecule has 8 nitrogen and oxygen atoms in total. The normalized spacial score (nSPS) is 10.5. The first-order valence-electron chi connectivity index (χ1n) is 10.00. The number of pyridine rings is 1. The summed E-state index contributed by atoms with van der Waals surface area (Å²) in [5, 5.41) is 11.2. The molecule has 8 heteroatoms. The molecule has 1 aromatic carbocycles. The van der Waals surface area contributed by atoms with Crippen LogP contribution in [0.4, 0.5) is 5.95 Å². The van der Waals surface area contributed by atoms with Gasteiger partial charge < -0.3 is 5.32 Å². The molecule has 0 aliphatic rings. The number of aromatic amines is 1. The molecule has 0 saturated heterocycles. The van der Waals surface area contributed by atoms with Gasteiger partial charge in [-0.1, -0.05) is 12.0 Å². The summed E-state index contributed by atoms with van der Waals surface area (Å²) >= 11 is 0.